The van der Waals surface area contributed by atoms with Gasteiger partial charge < -0.3 is 9.15 Å². The second kappa shape index (κ2) is 7.42. The smallest absolute Gasteiger partial charge is 0.416 e. The molecule has 1 aliphatic rings. The Bertz CT molecular complexity index is 828. The molecule has 1 aromatic carbocycles. The van der Waals surface area contributed by atoms with E-state index < -0.39 is 26.7 Å². The summed E-state index contributed by atoms with van der Waals surface area (Å²) in [5.41, 5.74) is -1.01. The Labute approximate surface area is 149 Å². The Balaban J connectivity index is 1.92. The molecule has 1 aliphatic heterocycles. The molecule has 0 saturated carbocycles. The van der Waals surface area contributed by atoms with Crippen LogP contribution in [0, 0.1) is 0 Å². The molecule has 3 rings (SSSR count). The van der Waals surface area contributed by atoms with E-state index >= 15 is 0 Å². The maximum atomic E-state index is 13.0. The van der Waals surface area contributed by atoms with E-state index in [1.54, 1.807) is 12.1 Å². The summed E-state index contributed by atoms with van der Waals surface area (Å²) in [7, 11) is -4.15. The van der Waals surface area contributed by atoms with E-state index in [-0.39, 0.29) is 19.2 Å². The van der Waals surface area contributed by atoms with Crippen LogP contribution < -0.4 is 0 Å². The van der Waals surface area contributed by atoms with Crippen molar-refractivity contribution < 1.29 is 30.7 Å². The largest absolute Gasteiger partial charge is 0.468 e. The highest BCUT2D eigenvalue weighted by Gasteiger charge is 2.34. The SMILES string of the molecule is O=S(=O)(c1cccc(C(F)(F)F)c1)N(Cc1ccco1)CC1CCCO1. The van der Waals surface area contributed by atoms with E-state index in [1.807, 2.05) is 0 Å². The fourth-order valence-corrected chi connectivity index (χ4v) is 4.31. The minimum Gasteiger partial charge on any atom is -0.468 e. The standard InChI is InChI=1S/C17H18F3NO4S/c18-17(19,20)13-4-1-7-16(10-13)26(22,23)21(11-14-5-2-8-24-14)12-15-6-3-9-25-15/h1-2,4-5,7-8,10,15H,3,6,9,11-12H2. The second-order valence-electron chi connectivity index (χ2n) is 6.04. The molecule has 2 heterocycles. The summed E-state index contributed by atoms with van der Waals surface area (Å²) in [6.07, 6.45) is -1.97. The van der Waals surface area contributed by atoms with Crippen molar-refractivity contribution in [1.82, 2.24) is 4.31 Å². The highest BCUT2D eigenvalue weighted by Crippen LogP contribution is 2.31. The lowest BCUT2D eigenvalue weighted by Gasteiger charge is -2.24. The van der Waals surface area contributed by atoms with Crippen LogP contribution in [-0.4, -0.2) is 32.0 Å². The van der Waals surface area contributed by atoms with Gasteiger partial charge in [-0.1, -0.05) is 6.07 Å². The number of nitrogens with zero attached hydrogens (tertiary/aromatic N) is 1. The molecule has 5 nitrogen and oxygen atoms in total. The van der Waals surface area contributed by atoms with E-state index in [0.29, 0.717) is 24.9 Å². The van der Waals surface area contributed by atoms with Crippen molar-refractivity contribution in [2.75, 3.05) is 13.2 Å². The molecule has 26 heavy (non-hydrogen) atoms. The van der Waals surface area contributed by atoms with E-state index in [2.05, 4.69) is 0 Å². The minimum absolute atomic E-state index is 0.0548. The van der Waals surface area contributed by atoms with Crippen molar-refractivity contribution in [1.29, 1.82) is 0 Å². The fraction of sp³-hybridized carbons (Fsp3) is 0.412. The van der Waals surface area contributed by atoms with E-state index in [9.17, 15) is 21.6 Å². The topological polar surface area (TPSA) is 59.8 Å². The summed E-state index contributed by atoms with van der Waals surface area (Å²) in [6.45, 7) is 0.521. The predicted molar refractivity (Wildman–Crippen MR) is 86.7 cm³/mol. The molecule has 1 aromatic heterocycles. The molecule has 1 fully saturated rings. The number of sulfonamides is 1. The maximum Gasteiger partial charge on any atom is 0.416 e. The van der Waals surface area contributed by atoms with Gasteiger partial charge in [0.2, 0.25) is 10.0 Å². The summed E-state index contributed by atoms with van der Waals surface area (Å²) in [5.74, 6) is 0.401. The zero-order chi connectivity index (χ0) is 18.8. The van der Waals surface area contributed by atoms with Crippen molar-refractivity contribution in [2.24, 2.45) is 0 Å². The number of benzene rings is 1. The van der Waals surface area contributed by atoms with Crippen LogP contribution >= 0.6 is 0 Å². The maximum absolute atomic E-state index is 13.0. The molecule has 0 radical (unpaired) electrons. The lowest BCUT2D eigenvalue weighted by Crippen LogP contribution is -2.37. The van der Waals surface area contributed by atoms with Crippen LogP contribution in [0.3, 0.4) is 0 Å². The Hall–Kier alpha value is -1.84. The molecule has 0 N–H and O–H groups in total. The third-order valence-corrected chi connectivity index (χ3v) is 5.95. The van der Waals surface area contributed by atoms with Gasteiger partial charge in [-0.2, -0.15) is 17.5 Å². The summed E-state index contributed by atoms with van der Waals surface area (Å²) in [4.78, 5) is -0.406. The van der Waals surface area contributed by atoms with Gasteiger partial charge >= 0.3 is 6.18 Å². The Morgan fingerprint density at radius 2 is 2.00 bits per heavy atom. The van der Waals surface area contributed by atoms with Crippen molar-refractivity contribution in [2.45, 2.75) is 36.6 Å². The van der Waals surface area contributed by atoms with Gasteiger partial charge in [0.05, 0.1) is 29.4 Å². The molecule has 1 saturated heterocycles. The van der Waals surface area contributed by atoms with Crippen LogP contribution in [0.15, 0.2) is 52.0 Å². The number of ether oxygens (including phenoxy) is 1. The number of hydrogen-bond acceptors (Lipinski definition) is 4. The molecular weight excluding hydrogens is 371 g/mol. The van der Waals surface area contributed by atoms with E-state index in [4.69, 9.17) is 9.15 Å². The Morgan fingerprint density at radius 3 is 2.62 bits per heavy atom. The van der Waals surface area contributed by atoms with Crippen molar-refractivity contribution in [3.63, 3.8) is 0 Å². The summed E-state index contributed by atoms with van der Waals surface area (Å²) < 4.78 is 76.6. The van der Waals surface area contributed by atoms with Crippen LogP contribution in [0.25, 0.3) is 0 Å². The van der Waals surface area contributed by atoms with E-state index in [1.165, 1.54) is 6.26 Å². The first-order valence-electron chi connectivity index (χ1n) is 8.08. The lowest BCUT2D eigenvalue weighted by molar-refractivity contribution is -0.137. The highest BCUT2D eigenvalue weighted by molar-refractivity contribution is 7.89. The van der Waals surface area contributed by atoms with Crippen molar-refractivity contribution >= 4 is 10.0 Å². The zero-order valence-electron chi connectivity index (χ0n) is 13.8. The molecule has 0 bridgehead atoms. The van der Waals surface area contributed by atoms with Crippen LogP contribution in [0.2, 0.25) is 0 Å². The van der Waals surface area contributed by atoms with Gasteiger partial charge in [-0.3, -0.25) is 0 Å². The lowest BCUT2D eigenvalue weighted by atomic mass is 10.2. The van der Waals surface area contributed by atoms with Gasteiger partial charge in [0.15, 0.2) is 0 Å². The average molecular weight is 389 g/mol. The molecule has 9 heteroatoms. The number of rotatable bonds is 6. The Morgan fingerprint density at radius 1 is 1.19 bits per heavy atom. The van der Waals surface area contributed by atoms with Gasteiger partial charge in [-0.05, 0) is 43.2 Å². The summed E-state index contributed by atoms with van der Waals surface area (Å²) in [5, 5.41) is 0. The molecule has 0 aliphatic carbocycles. The molecular formula is C17H18F3NO4S. The monoisotopic (exact) mass is 389 g/mol. The Kier molecular flexibility index (Phi) is 5.40. The normalized spacial score (nSPS) is 18.5. The zero-order valence-corrected chi connectivity index (χ0v) is 14.6. The van der Waals surface area contributed by atoms with Gasteiger partial charge in [-0.15, -0.1) is 0 Å². The van der Waals surface area contributed by atoms with Crippen LogP contribution in [-0.2, 0) is 27.5 Å². The van der Waals surface area contributed by atoms with Crippen molar-refractivity contribution in [3.8, 4) is 0 Å². The summed E-state index contributed by atoms with van der Waals surface area (Å²) in [6, 6.07) is 6.98. The quantitative estimate of drug-likeness (QED) is 0.756. The van der Waals surface area contributed by atoms with Gasteiger partial charge in [0.25, 0.3) is 0 Å². The minimum atomic E-state index is -4.62. The van der Waals surface area contributed by atoms with Crippen molar-refractivity contribution in [3.05, 3.63) is 54.0 Å². The van der Waals surface area contributed by atoms with Crippen LogP contribution in [0.5, 0.6) is 0 Å². The molecule has 0 amide bonds. The van der Waals surface area contributed by atoms with Crippen LogP contribution in [0.4, 0.5) is 13.2 Å². The molecule has 1 unspecified atom stereocenters. The number of alkyl halides is 3. The number of hydrogen-bond donors (Lipinski definition) is 0. The second-order valence-corrected chi connectivity index (χ2v) is 7.98. The average Bonchev–Trinajstić information content (AvgIpc) is 3.27. The predicted octanol–water partition coefficient (Wildman–Crippen LogP) is 3.67. The third-order valence-electron chi connectivity index (χ3n) is 4.14. The molecule has 2 aromatic rings. The van der Waals surface area contributed by atoms with E-state index in [0.717, 1.165) is 28.9 Å². The molecule has 1 atom stereocenters. The first-order chi connectivity index (χ1) is 12.3. The molecule has 142 valence electrons. The first kappa shape index (κ1) is 18.9. The van der Waals surface area contributed by atoms with Gasteiger partial charge in [0.1, 0.15) is 5.76 Å². The summed E-state index contributed by atoms with van der Waals surface area (Å²) >= 11 is 0. The number of halogens is 3. The fourth-order valence-electron chi connectivity index (χ4n) is 2.82. The highest BCUT2D eigenvalue weighted by atomic mass is 32.2. The van der Waals surface area contributed by atoms with Gasteiger partial charge in [0, 0.05) is 13.2 Å². The number of furan rings is 1. The van der Waals surface area contributed by atoms with Crippen LogP contribution in [0.1, 0.15) is 24.2 Å². The third kappa shape index (κ3) is 4.28. The van der Waals surface area contributed by atoms with Gasteiger partial charge in [-0.25, -0.2) is 8.42 Å². The molecule has 0 spiro atoms. The first-order valence-corrected chi connectivity index (χ1v) is 9.52.